The van der Waals surface area contributed by atoms with Crippen molar-refractivity contribution in [1.82, 2.24) is 20.1 Å². The van der Waals surface area contributed by atoms with Crippen LogP contribution in [-0.2, 0) is 10.3 Å². The van der Waals surface area contributed by atoms with Gasteiger partial charge in [-0.15, -0.1) is 11.3 Å². The van der Waals surface area contributed by atoms with Gasteiger partial charge >= 0.3 is 6.03 Å². The van der Waals surface area contributed by atoms with Crippen LogP contribution in [0, 0.1) is 0 Å². The summed E-state index contributed by atoms with van der Waals surface area (Å²) in [4.78, 5) is 34.9. The molecule has 6 rings (SSSR count). The zero-order valence-corrected chi connectivity index (χ0v) is 19.8. The lowest BCUT2D eigenvalue weighted by Gasteiger charge is -2.33. The SMILES string of the molecule is C[C@@]1(c2ccc3ccccc3c2)NC(=O)N(CN2CCC[C@H](c3nc4ccccc4s3)C2)C1=O. The quantitative estimate of drug-likeness (QED) is 0.424. The van der Waals surface area contributed by atoms with Crippen molar-refractivity contribution in [1.29, 1.82) is 0 Å². The minimum absolute atomic E-state index is 0.199. The molecule has 0 saturated carbocycles. The highest BCUT2D eigenvalue weighted by Gasteiger charge is 2.49. The molecule has 1 N–H and O–H groups in total. The van der Waals surface area contributed by atoms with Crippen LogP contribution in [0.1, 0.15) is 36.3 Å². The predicted octanol–water partition coefficient (Wildman–Crippen LogP) is 5.05. The van der Waals surface area contributed by atoms with Gasteiger partial charge in [-0.2, -0.15) is 0 Å². The fraction of sp³-hybridized carbons (Fsp3) is 0.296. The van der Waals surface area contributed by atoms with Gasteiger partial charge in [0, 0.05) is 12.5 Å². The van der Waals surface area contributed by atoms with Crippen LogP contribution >= 0.6 is 11.3 Å². The number of hydrogen-bond donors (Lipinski definition) is 1. The summed E-state index contributed by atoms with van der Waals surface area (Å²) in [6.45, 7) is 3.77. The molecule has 34 heavy (non-hydrogen) atoms. The second-order valence-electron chi connectivity index (χ2n) is 9.43. The molecule has 2 atom stereocenters. The van der Waals surface area contributed by atoms with Crippen LogP contribution in [0.15, 0.2) is 66.7 Å². The van der Waals surface area contributed by atoms with E-state index >= 15 is 0 Å². The number of carbonyl (C=O) groups excluding carboxylic acids is 2. The van der Waals surface area contributed by atoms with Crippen LogP contribution in [0.25, 0.3) is 21.0 Å². The number of para-hydroxylation sites is 1. The first kappa shape index (κ1) is 21.3. The van der Waals surface area contributed by atoms with E-state index in [1.54, 1.807) is 18.3 Å². The number of likely N-dealkylation sites (tertiary alicyclic amines) is 1. The molecule has 2 aliphatic heterocycles. The van der Waals surface area contributed by atoms with Crippen molar-refractivity contribution in [3.8, 4) is 0 Å². The summed E-state index contributed by atoms with van der Waals surface area (Å²) in [5.74, 6) is 0.119. The molecule has 4 aromatic rings. The third kappa shape index (κ3) is 3.56. The van der Waals surface area contributed by atoms with Crippen molar-refractivity contribution in [3.05, 3.63) is 77.3 Å². The average molecular weight is 471 g/mol. The molecule has 2 fully saturated rings. The Morgan fingerprint density at radius 3 is 2.71 bits per heavy atom. The lowest BCUT2D eigenvalue weighted by Crippen LogP contribution is -2.46. The summed E-state index contributed by atoms with van der Waals surface area (Å²) in [5.41, 5.74) is 0.779. The number of carbonyl (C=O) groups is 2. The summed E-state index contributed by atoms with van der Waals surface area (Å²) in [6, 6.07) is 21.9. The van der Waals surface area contributed by atoms with E-state index in [0.29, 0.717) is 12.6 Å². The summed E-state index contributed by atoms with van der Waals surface area (Å²) >= 11 is 1.75. The molecule has 0 unspecified atom stereocenters. The van der Waals surface area contributed by atoms with Crippen LogP contribution in [0.4, 0.5) is 4.79 Å². The molecule has 0 radical (unpaired) electrons. The third-order valence-corrected chi connectivity index (χ3v) is 8.31. The van der Waals surface area contributed by atoms with Crippen LogP contribution in [0.5, 0.6) is 0 Å². The van der Waals surface area contributed by atoms with E-state index in [-0.39, 0.29) is 11.9 Å². The highest BCUT2D eigenvalue weighted by Crippen LogP contribution is 2.35. The number of benzene rings is 3. The van der Waals surface area contributed by atoms with Gasteiger partial charge in [-0.25, -0.2) is 14.7 Å². The summed E-state index contributed by atoms with van der Waals surface area (Å²) in [6.07, 6.45) is 2.09. The van der Waals surface area contributed by atoms with Crippen LogP contribution in [-0.4, -0.2) is 46.5 Å². The molecule has 0 aliphatic carbocycles. The maximum atomic E-state index is 13.5. The fourth-order valence-electron chi connectivity index (χ4n) is 5.17. The molecule has 7 heteroatoms. The van der Waals surface area contributed by atoms with Crippen molar-refractivity contribution < 1.29 is 9.59 Å². The molecule has 3 amide bonds. The standard InChI is InChI=1S/C27H26N4O2S/c1-27(21-13-12-18-7-2-3-8-19(18)15-21)25(32)31(26(33)29-27)17-30-14-6-9-20(16-30)24-28-22-10-4-5-11-23(22)34-24/h2-5,7-8,10-13,15,20H,6,9,14,16-17H2,1H3,(H,29,33)/t20-,27-/m0/s1. The van der Waals surface area contributed by atoms with Gasteiger partial charge in [0.25, 0.3) is 5.91 Å². The largest absolute Gasteiger partial charge is 0.326 e. The first-order valence-corrected chi connectivity index (χ1v) is 12.5. The number of nitrogens with one attached hydrogen (secondary N) is 1. The van der Waals surface area contributed by atoms with E-state index in [9.17, 15) is 9.59 Å². The minimum Gasteiger partial charge on any atom is -0.319 e. The van der Waals surface area contributed by atoms with Gasteiger partial charge < -0.3 is 5.32 Å². The number of piperidine rings is 1. The highest BCUT2D eigenvalue weighted by atomic mass is 32.1. The normalized spacial score (nSPS) is 23.7. The minimum atomic E-state index is -1.07. The summed E-state index contributed by atoms with van der Waals surface area (Å²) in [5, 5.41) is 6.27. The Bertz CT molecular complexity index is 1380. The Morgan fingerprint density at radius 1 is 1.06 bits per heavy atom. The van der Waals surface area contributed by atoms with Gasteiger partial charge in [0.05, 0.1) is 21.9 Å². The maximum Gasteiger partial charge on any atom is 0.326 e. The van der Waals surface area contributed by atoms with Gasteiger partial charge in [0.1, 0.15) is 5.54 Å². The van der Waals surface area contributed by atoms with E-state index in [2.05, 4.69) is 22.3 Å². The van der Waals surface area contributed by atoms with Gasteiger partial charge in [-0.1, -0.05) is 48.5 Å². The van der Waals surface area contributed by atoms with E-state index in [0.717, 1.165) is 52.8 Å². The number of urea groups is 1. The number of aromatic nitrogens is 1. The summed E-state index contributed by atoms with van der Waals surface area (Å²) in [7, 11) is 0. The van der Waals surface area contributed by atoms with E-state index < -0.39 is 5.54 Å². The van der Waals surface area contributed by atoms with Crippen molar-refractivity contribution in [2.24, 2.45) is 0 Å². The first-order valence-electron chi connectivity index (χ1n) is 11.7. The maximum absolute atomic E-state index is 13.5. The zero-order valence-electron chi connectivity index (χ0n) is 19.0. The predicted molar refractivity (Wildman–Crippen MR) is 135 cm³/mol. The molecule has 2 saturated heterocycles. The number of fused-ring (bicyclic) bond motifs is 2. The molecule has 172 valence electrons. The van der Waals surface area contributed by atoms with Crippen molar-refractivity contribution in [2.75, 3.05) is 19.8 Å². The number of nitrogens with zero attached hydrogens (tertiary/aromatic N) is 3. The lowest BCUT2D eigenvalue weighted by atomic mass is 9.90. The topological polar surface area (TPSA) is 65.5 Å². The zero-order chi connectivity index (χ0) is 23.3. The van der Waals surface area contributed by atoms with Gasteiger partial charge in [-0.05, 0) is 60.8 Å². The Hall–Kier alpha value is -3.29. The molecule has 0 bridgehead atoms. The van der Waals surface area contributed by atoms with E-state index in [1.165, 1.54) is 9.60 Å². The highest BCUT2D eigenvalue weighted by molar-refractivity contribution is 7.18. The monoisotopic (exact) mass is 470 g/mol. The van der Waals surface area contributed by atoms with Gasteiger partial charge in [0.15, 0.2) is 0 Å². The van der Waals surface area contributed by atoms with Crippen LogP contribution < -0.4 is 5.32 Å². The van der Waals surface area contributed by atoms with Crippen molar-refractivity contribution in [3.63, 3.8) is 0 Å². The second-order valence-corrected chi connectivity index (χ2v) is 10.5. The van der Waals surface area contributed by atoms with Gasteiger partial charge in [-0.3, -0.25) is 9.69 Å². The fourth-order valence-corrected chi connectivity index (χ4v) is 6.26. The van der Waals surface area contributed by atoms with Crippen LogP contribution in [0.2, 0.25) is 0 Å². The lowest BCUT2D eigenvalue weighted by molar-refractivity contribution is -0.132. The second kappa shape index (κ2) is 8.18. The number of imide groups is 1. The molecule has 3 heterocycles. The Labute approximate surface area is 202 Å². The van der Waals surface area contributed by atoms with Crippen LogP contribution in [0.3, 0.4) is 0 Å². The smallest absolute Gasteiger partial charge is 0.319 e. The molecule has 0 spiro atoms. The van der Waals surface area contributed by atoms with Gasteiger partial charge in [0.2, 0.25) is 0 Å². The molecule has 3 aromatic carbocycles. The van der Waals surface area contributed by atoms with Crippen molar-refractivity contribution in [2.45, 2.75) is 31.2 Å². The third-order valence-electron chi connectivity index (χ3n) is 7.11. The Balaban J connectivity index is 1.21. The Kier molecular flexibility index (Phi) is 5.12. The first-order chi connectivity index (χ1) is 16.5. The molecule has 1 aromatic heterocycles. The summed E-state index contributed by atoms with van der Waals surface area (Å²) < 4.78 is 1.20. The molecular weight excluding hydrogens is 444 g/mol. The average Bonchev–Trinajstić information content (AvgIpc) is 3.39. The number of hydrogen-bond acceptors (Lipinski definition) is 5. The van der Waals surface area contributed by atoms with Crippen molar-refractivity contribution >= 4 is 44.3 Å². The number of amides is 3. The molecular formula is C27H26N4O2S. The number of rotatable bonds is 4. The van der Waals surface area contributed by atoms with E-state index in [1.807, 2.05) is 54.6 Å². The molecule has 2 aliphatic rings. The number of thiazole rings is 1. The Morgan fingerprint density at radius 2 is 1.85 bits per heavy atom. The van der Waals surface area contributed by atoms with E-state index in [4.69, 9.17) is 4.98 Å². The molecule has 6 nitrogen and oxygen atoms in total.